The zero-order chi connectivity index (χ0) is 23.2. The van der Waals surface area contributed by atoms with Gasteiger partial charge in [0.1, 0.15) is 5.82 Å². The minimum absolute atomic E-state index is 0.0320. The third-order valence-corrected chi connectivity index (χ3v) is 5.82. The second kappa shape index (κ2) is 8.50. The Balaban J connectivity index is 1.49. The van der Waals surface area contributed by atoms with Gasteiger partial charge < -0.3 is 19.9 Å². The van der Waals surface area contributed by atoms with Crippen molar-refractivity contribution in [3.05, 3.63) is 39.8 Å². The fourth-order valence-electron chi connectivity index (χ4n) is 3.58. The van der Waals surface area contributed by atoms with Crippen LogP contribution in [0.4, 0.5) is 25.1 Å². The van der Waals surface area contributed by atoms with E-state index >= 15 is 0 Å². The van der Waals surface area contributed by atoms with Crippen molar-refractivity contribution in [2.24, 2.45) is 0 Å². The number of morpholine rings is 1. The molecule has 1 fully saturated rings. The summed E-state index contributed by atoms with van der Waals surface area (Å²) in [7, 11) is 0. The van der Waals surface area contributed by atoms with Crippen molar-refractivity contribution in [1.29, 1.82) is 0 Å². The average Bonchev–Trinajstić information content (AvgIpc) is 3.35. The number of aromatic nitrogens is 6. The van der Waals surface area contributed by atoms with Gasteiger partial charge in [0, 0.05) is 18.7 Å². The van der Waals surface area contributed by atoms with Gasteiger partial charge in [-0.05, 0) is 12.1 Å². The fourth-order valence-corrected chi connectivity index (χ4v) is 3.90. The summed E-state index contributed by atoms with van der Waals surface area (Å²) in [5.41, 5.74) is 1.40. The van der Waals surface area contributed by atoms with E-state index < -0.39 is 12.6 Å². The molecule has 4 aromatic rings. The lowest BCUT2D eigenvalue weighted by molar-refractivity contribution is -0.127. The summed E-state index contributed by atoms with van der Waals surface area (Å²) in [6.07, 6.45) is -4.37. The molecule has 174 valence electrons. The summed E-state index contributed by atoms with van der Waals surface area (Å²) in [6, 6.07) is 3.32. The van der Waals surface area contributed by atoms with Crippen LogP contribution in [0.1, 0.15) is 11.4 Å². The number of ether oxygens (including phenoxy) is 1. The Kier molecular flexibility index (Phi) is 5.67. The smallest absolute Gasteiger partial charge is 0.378 e. The Morgan fingerprint density at radius 3 is 2.61 bits per heavy atom. The maximum Gasteiger partial charge on any atom is 0.393 e. The molecule has 4 heterocycles. The highest BCUT2D eigenvalue weighted by Gasteiger charge is 2.30. The van der Waals surface area contributed by atoms with Gasteiger partial charge in [-0.1, -0.05) is 23.2 Å². The SMILES string of the molecule is FC(F)(F)Cc1cnn2c(NCc3nc4cc(Cl)c(Cl)cc4[nH]3)nc(N3CCOCC3)nc12. The monoisotopic (exact) mass is 500 g/mol. The van der Waals surface area contributed by atoms with Crippen LogP contribution < -0.4 is 10.2 Å². The molecule has 1 aromatic carbocycles. The van der Waals surface area contributed by atoms with Gasteiger partial charge in [0.2, 0.25) is 11.9 Å². The number of imidazole rings is 1. The average molecular weight is 501 g/mol. The molecule has 9 nitrogen and oxygen atoms in total. The van der Waals surface area contributed by atoms with E-state index in [1.165, 1.54) is 4.52 Å². The molecule has 0 saturated carbocycles. The molecule has 0 bridgehead atoms. The van der Waals surface area contributed by atoms with Crippen molar-refractivity contribution in [1.82, 2.24) is 29.5 Å². The quantitative estimate of drug-likeness (QED) is 0.429. The molecule has 1 aliphatic heterocycles. The zero-order valence-electron chi connectivity index (χ0n) is 17.0. The van der Waals surface area contributed by atoms with E-state index in [0.717, 1.165) is 6.20 Å². The Labute approximate surface area is 194 Å². The van der Waals surface area contributed by atoms with Crippen LogP contribution in [-0.2, 0) is 17.7 Å². The third kappa shape index (κ3) is 4.63. The van der Waals surface area contributed by atoms with Crippen LogP contribution in [0.2, 0.25) is 10.0 Å². The molecule has 0 atom stereocenters. The van der Waals surface area contributed by atoms with Crippen molar-refractivity contribution in [2.45, 2.75) is 19.1 Å². The van der Waals surface area contributed by atoms with Crippen LogP contribution in [0.5, 0.6) is 0 Å². The molecule has 5 rings (SSSR count). The minimum Gasteiger partial charge on any atom is -0.378 e. The van der Waals surface area contributed by atoms with Gasteiger partial charge in [0.15, 0.2) is 5.65 Å². The van der Waals surface area contributed by atoms with E-state index in [1.54, 1.807) is 12.1 Å². The van der Waals surface area contributed by atoms with E-state index in [9.17, 15) is 13.2 Å². The summed E-state index contributed by atoms with van der Waals surface area (Å²) < 4.78 is 45.8. The number of rotatable bonds is 5. The summed E-state index contributed by atoms with van der Waals surface area (Å²) >= 11 is 12.1. The van der Waals surface area contributed by atoms with Crippen LogP contribution >= 0.6 is 23.2 Å². The first-order valence-corrected chi connectivity index (χ1v) is 10.7. The fraction of sp³-hybridized carbons (Fsp3) is 0.368. The second-order valence-electron chi connectivity index (χ2n) is 7.46. The van der Waals surface area contributed by atoms with Crippen LogP contribution in [0, 0.1) is 0 Å². The highest BCUT2D eigenvalue weighted by molar-refractivity contribution is 6.42. The Morgan fingerprint density at radius 1 is 1.09 bits per heavy atom. The first-order chi connectivity index (χ1) is 15.8. The molecule has 3 aromatic heterocycles. The molecule has 0 spiro atoms. The Bertz CT molecular complexity index is 1280. The lowest BCUT2D eigenvalue weighted by Crippen LogP contribution is -2.37. The molecule has 33 heavy (non-hydrogen) atoms. The van der Waals surface area contributed by atoms with Gasteiger partial charge in [0.05, 0.1) is 53.5 Å². The molecule has 2 N–H and O–H groups in total. The molecule has 0 aliphatic carbocycles. The van der Waals surface area contributed by atoms with Crippen LogP contribution in [0.15, 0.2) is 18.3 Å². The van der Waals surface area contributed by atoms with Crippen LogP contribution in [0.3, 0.4) is 0 Å². The summed E-state index contributed by atoms with van der Waals surface area (Å²) in [4.78, 5) is 18.4. The van der Waals surface area contributed by atoms with E-state index in [0.29, 0.717) is 59.2 Å². The van der Waals surface area contributed by atoms with Gasteiger partial charge >= 0.3 is 6.18 Å². The number of benzene rings is 1. The number of anilines is 2. The van der Waals surface area contributed by atoms with Crippen molar-refractivity contribution in [3.63, 3.8) is 0 Å². The number of fused-ring (bicyclic) bond motifs is 2. The molecule has 1 saturated heterocycles. The lowest BCUT2D eigenvalue weighted by Gasteiger charge is -2.27. The maximum atomic E-state index is 13.1. The normalized spacial score (nSPS) is 15.0. The van der Waals surface area contributed by atoms with Gasteiger partial charge in [-0.3, -0.25) is 0 Å². The van der Waals surface area contributed by atoms with Crippen molar-refractivity contribution in [3.8, 4) is 0 Å². The third-order valence-electron chi connectivity index (χ3n) is 5.10. The second-order valence-corrected chi connectivity index (χ2v) is 8.28. The van der Waals surface area contributed by atoms with Gasteiger partial charge in [-0.2, -0.15) is 32.8 Å². The van der Waals surface area contributed by atoms with E-state index in [4.69, 9.17) is 27.9 Å². The number of nitrogens with zero attached hydrogens (tertiary/aromatic N) is 6. The number of halogens is 5. The first-order valence-electron chi connectivity index (χ1n) is 9.98. The predicted octanol–water partition coefficient (Wildman–Crippen LogP) is 3.86. The number of H-pyrrole nitrogens is 1. The summed E-state index contributed by atoms with van der Waals surface area (Å²) in [5, 5.41) is 7.97. The number of aromatic amines is 1. The standard InChI is InChI=1S/C19H17Cl2F3N8O/c20-11-5-13-14(6-12(11)21)28-15(27-13)9-25-17-30-18(31-1-3-33-4-2-31)29-16-10(7-19(22,23)24)8-26-32(16)17/h5-6,8H,1-4,7,9H2,(H,27,28)(H,25,29,30). The lowest BCUT2D eigenvalue weighted by atomic mass is 10.2. The minimum atomic E-state index is -4.39. The number of hydrogen-bond acceptors (Lipinski definition) is 7. The van der Waals surface area contributed by atoms with Gasteiger partial charge in [-0.15, -0.1) is 0 Å². The van der Waals surface area contributed by atoms with Crippen LogP contribution in [0.25, 0.3) is 16.7 Å². The summed E-state index contributed by atoms with van der Waals surface area (Å²) in [6.45, 7) is 2.23. The maximum absolute atomic E-state index is 13.1. The number of alkyl halides is 3. The highest BCUT2D eigenvalue weighted by atomic mass is 35.5. The van der Waals surface area contributed by atoms with Crippen molar-refractivity contribution in [2.75, 3.05) is 36.5 Å². The van der Waals surface area contributed by atoms with Crippen molar-refractivity contribution < 1.29 is 17.9 Å². The summed E-state index contributed by atoms with van der Waals surface area (Å²) in [5.74, 6) is 1.11. The molecule has 1 aliphatic rings. The highest BCUT2D eigenvalue weighted by Crippen LogP contribution is 2.28. The Hall–Kier alpha value is -2.83. The number of hydrogen-bond donors (Lipinski definition) is 2. The largest absolute Gasteiger partial charge is 0.393 e. The Morgan fingerprint density at radius 2 is 1.85 bits per heavy atom. The van der Waals surface area contributed by atoms with Gasteiger partial charge in [-0.25, -0.2) is 4.98 Å². The molecule has 0 amide bonds. The van der Waals surface area contributed by atoms with Crippen molar-refractivity contribution >= 4 is 51.8 Å². The van der Waals surface area contributed by atoms with E-state index in [2.05, 4.69) is 30.4 Å². The van der Waals surface area contributed by atoms with Gasteiger partial charge in [0.25, 0.3) is 0 Å². The molecule has 0 unspecified atom stereocenters. The van der Waals surface area contributed by atoms with E-state index in [-0.39, 0.29) is 23.7 Å². The topological polar surface area (TPSA) is 96.3 Å². The number of nitrogens with one attached hydrogen (secondary N) is 2. The molecule has 0 radical (unpaired) electrons. The molecular weight excluding hydrogens is 484 g/mol. The zero-order valence-corrected chi connectivity index (χ0v) is 18.5. The first kappa shape index (κ1) is 22.0. The van der Waals surface area contributed by atoms with E-state index in [1.807, 2.05) is 4.90 Å². The molecular formula is C19H17Cl2F3N8O. The predicted molar refractivity (Wildman–Crippen MR) is 117 cm³/mol. The molecule has 14 heteroatoms. The van der Waals surface area contributed by atoms with Crippen LogP contribution in [-0.4, -0.2) is 62.0 Å².